The highest BCUT2D eigenvalue weighted by Gasteiger charge is 2.31. The second kappa shape index (κ2) is 7.29. The molecule has 22 heavy (non-hydrogen) atoms. The highest BCUT2D eigenvalue weighted by atomic mass is 16.5. The number of nitrogens with zero attached hydrogens (tertiary/aromatic N) is 1. The van der Waals surface area contributed by atoms with Gasteiger partial charge in [0.2, 0.25) is 5.91 Å². The summed E-state index contributed by atoms with van der Waals surface area (Å²) in [5.41, 5.74) is 1.44. The largest absolute Gasteiger partial charge is 0.479 e. The van der Waals surface area contributed by atoms with Crippen molar-refractivity contribution >= 4 is 23.2 Å². The lowest BCUT2D eigenvalue weighted by Crippen LogP contribution is -2.44. The van der Waals surface area contributed by atoms with Crippen molar-refractivity contribution in [1.29, 1.82) is 0 Å². The smallest absolute Gasteiger partial charge is 0.267 e. The molecule has 1 aliphatic heterocycles. The fourth-order valence-electron chi connectivity index (χ4n) is 2.48. The van der Waals surface area contributed by atoms with E-state index >= 15 is 0 Å². The Morgan fingerprint density at radius 1 is 1.32 bits per heavy atom. The first-order chi connectivity index (χ1) is 10.6. The van der Waals surface area contributed by atoms with E-state index in [0.29, 0.717) is 24.4 Å². The Labute approximate surface area is 131 Å². The molecule has 1 unspecified atom stereocenters. The normalized spacial score (nSPS) is 17.0. The zero-order valence-corrected chi connectivity index (χ0v) is 13.5. The van der Waals surface area contributed by atoms with Gasteiger partial charge in [-0.1, -0.05) is 26.7 Å². The number of unbranched alkanes of at least 4 members (excludes halogenated alkanes) is 2. The maximum absolute atomic E-state index is 12.4. The van der Waals surface area contributed by atoms with E-state index in [0.717, 1.165) is 24.9 Å². The minimum Gasteiger partial charge on any atom is -0.479 e. The highest BCUT2D eigenvalue weighted by Crippen LogP contribution is 2.36. The summed E-state index contributed by atoms with van der Waals surface area (Å²) in [4.78, 5) is 25.7. The molecule has 0 saturated carbocycles. The number of hydrogen-bond donors (Lipinski definition) is 1. The first-order valence-electron chi connectivity index (χ1n) is 7.98. The number of amides is 2. The van der Waals surface area contributed by atoms with Gasteiger partial charge in [0.25, 0.3) is 5.91 Å². The monoisotopic (exact) mass is 304 g/mol. The molecule has 0 aliphatic carbocycles. The van der Waals surface area contributed by atoms with Gasteiger partial charge in [-0.05, 0) is 31.5 Å². The molecule has 120 valence electrons. The van der Waals surface area contributed by atoms with Crippen molar-refractivity contribution in [2.24, 2.45) is 0 Å². The zero-order valence-electron chi connectivity index (χ0n) is 13.5. The van der Waals surface area contributed by atoms with Crippen molar-refractivity contribution < 1.29 is 14.3 Å². The van der Waals surface area contributed by atoms with E-state index in [1.807, 2.05) is 12.1 Å². The summed E-state index contributed by atoms with van der Waals surface area (Å²) in [5.74, 6) is 0.620. The lowest BCUT2D eigenvalue weighted by Gasteiger charge is -2.33. The van der Waals surface area contributed by atoms with Crippen LogP contribution in [0.2, 0.25) is 0 Å². The maximum Gasteiger partial charge on any atom is 0.267 e. The number of rotatable bonds is 6. The van der Waals surface area contributed by atoms with Gasteiger partial charge in [-0.25, -0.2) is 0 Å². The second-order valence-corrected chi connectivity index (χ2v) is 5.54. The summed E-state index contributed by atoms with van der Waals surface area (Å²) in [6, 6.07) is 5.44. The summed E-state index contributed by atoms with van der Waals surface area (Å²) in [6.45, 7) is 6.39. The Morgan fingerprint density at radius 2 is 2.09 bits per heavy atom. The van der Waals surface area contributed by atoms with Gasteiger partial charge in [-0.2, -0.15) is 0 Å². The molecular weight excluding hydrogens is 280 g/mol. The predicted molar refractivity (Wildman–Crippen MR) is 87.3 cm³/mol. The van der Waals surface area contributed by atoms with Crippen LogP contribution in [0.1, 0.15) is 46.5 Å². The van der Waals surface area contributed by atoms with Crippen LogP contribution in [0.4, 0.5) is 11.4 Å². The molecule has 1 aromatic rings. The number of benzene rings is 1. The number of fused-ring (bicyclic) bond motifs is 1. The van der Waals surface area contributed by atoms with E-state index in [1.165, 1.54) is 0 Å². The van der Waals surface area contributed by atoms with Crippen LogP contribution in [0.5, 0.6) is 5.75 Å². The summed E-state index contributed by atoms with van der Waals surface area (Å²) < 4.78 is 5.66. The predicted octanol–water partition coefficient (Wildman–Crippen LogP) is 3.34. The molecule has 2 rings (SSSR count). The number of carbonyl (C=O) groups is 2. The van der Waals surface area contributed by atoms with Crippen molar-refractivity contribution in [3.8, 4) is 5.75 Å². The van der Waals surface area contributed by atoms with Gasteiger partial charge < -0.3 is 15.0 Å². The third-order valence-electron chi connectivity index (χ3n) is 3.76. The maximum atomic E-state index is 12.4. The van der Waals surface area contributed by atoms with Crippen LogP contribution in [0.3, 0.4) is 0 Å². The zero-order chi connectivity index (χ0) is 16.1. The molecule has 0 aromatic heterocycles. The first kappa shape index (κ1) is 16.3. The van der Waals surface area contributed by atoms with Crippen LogP contribution in [0.25, 0.3) is 0 Å². The van der Waals surface area contributed by atoms with Gasteiger partial charge in [-0.15, -0.1) is 0 Å². The number of nitrogens with one attached hydrogen (secondary N) is 1. The van der Waals surface area contributed by atoms with E-state index in [-0.39, 0.29) is 11.8 Å². The van der Waals surface area contributed by atoms with E-state index in [2.05, 4.69) is 12.2 Å². The molecule has 5 heteroatoms. The second-order valence-electron chi connectivity index (χ2n) is 5.54. The summed E-state index contributed by atoms with van der Waals surface area (Å²) >= 11 is 0. The molecule has 1 N–H and O–H groups in total. The molecule has 1 aliphatic rings. The standard InChI is InChI=1S/C17H24N2O3/c1-4-6-7-10-19-14-11-13(18-16(20)5-2)8-9-15(14)22-12(3)17(19)21/h8-9,11-12H,4-7,10H2,1-3H3,(H,18,20). The van der Waals surface area contributed by atoms with Gasteiger partial charge in [0.15, 0.2) is 6.10 Å². The Hall–Kier alpha value is -2.04. The Bertz CT molecular complexity index is 557. The fraction of sp³-hybridized carbons (Fsp3) is 0.529. The number of hydrogen-bond acceptors (Lipinski definition) is 3. The van der Waals surface area contributed by atoms with Gasteiger partial charge in [0.1, 0.15) is 5.75 Å². The van der Waals surface area contributed by atoms with E-state index < -0.39 is 6.10 Å². The molecule has 0 bridgehead atoms. The van der Waals surface area contributed by atoms with Crippen LogP contribution >= 0.6 is 0 Å². The molecule has 0 spiro atoms. The molecule has 1 heterocycles. The SMILES string of the molecule is CCCCCN1C(=O)C(C)Oc2ccc(NC(=O)CC)cc21. The Kier molecular flexibility index (Phi) is 5.41. The molecule has 1 atom stereocenters. The van der Waals surface area contributed by atoms with Crippen molar-refractivity contribution in [1.82, 2.24) is 0 Å². The molecule has 0 saturated heterocycles. The quantitative estimate of drug-likeness (QED) is 0.820. The van der Waals surface area contributed by atoms with Crippen LogP contribution in [-0.2, 0) is 9.59 Å². The van der Waals surface area contributed by atoms with Crippen LogP contribution in [0.15, 0.2) is 18.2 Å². The lowest BCUT2D eigenvalue weighted by atomic mass is 10.1. The van der Waals surface area contributed by atoms with Crippen molar-refractivity contribution in [3.63, 3.8) is 0 Å². The minimum atomic E-state index is -0.467. The lowest BCUT2D eigenvalue weighted by molar-refractivity contribution is -0.125. The molecule has 5 nitrogen and oxygen atoms in total. The van der Waals surface area contributed by atoms with Gasteiger partial charge in [-0.3, -0.25) is 9.59 Å². The molecule has 1 aromatic carbocycles. The fourth-order valence-corrected chi connectivity index (χ4v) is 2.48. The topological polar surface area (TPSA) is 58.6 Å². The van der Waals surface area contributed by atoms with Gasteiger partial charge in [0, 0.05) is 18.7 Å². The van der Waals surface area contributed by atoms with E-state index in [1.54, 1.807) is 24.8 Å². The Morgan fingerprint density at radius 3 is 2.77 bits per heavy atom. The molecular formula is C17H24N2O3. The van der Waals surface area contributed by atoms with Crippen LogP contribution in [-0.4, -0.2) is 24.5 Å². The van der Waals surface area contributed by atoms with E-state index in [4.69, 9.17) is 4.74 Å². The average molecular weight is 304 g/mol. The number of ether oxygens (including phenoxy) is 1. The van der Waals surface area contributed by atoms with Crippen LogP contribution in [0, 0.1) is 0 Å². The van der Waals surface area contributed by atoms with Gasteiger partial charge >= 0.3 is 0 Å². The third kappa shape index (κ3) is 3.59. The summed E-state index contributed by atoms with van der Waals surface area (Å²) in [6.07, 6.45) is 3.10. The summed E-state index contributed by atoms with van der Waals surface area (Å²) in [5, 5.41) is 2.82. The first-order valence-corrected chi connectivity index (χ1v) is 7.98. The molecule has 2 amide bonds. The Balaban J connectivity index is 2.26. The molecule has 0 radical (unpaired) electrons. The van der Waals surface area contributed by atoms with Gasteiger partial charge in [0.05, 0.1) is 5.69 Å². The van der Waals surface area contributed by atoms with Crippen LogP contribution < -0.4 is 15.0 Å². The number of carbonyl (C=O) groups excluding carboxylic acids is 2. The number of anilines is 2. The van der Waals surface area contributed by atoms with Crippen molar-refractivity contribution in [2.45, 2.75) is 52.6 Å². The van der Waals surface area contributed by atoms with Crippen molar-refractivity contribution in [3.05, 3.63) is 18.2 Å². The third-order valence-corrected chi connectivity index (χ3v) is 3.76. The molecule has 0 fully saturated rings. The van der Waals surface area contributed by atoms with E-state index in [9.17, 15) is 9.59 Å². The minimum absolute atomic E-state index is 0.0254. The van der Waals surface area contributed by atoms with Crippen molar-refractivity contribution in [2.75, 3.05) is 16.8 Å². The average Bonchev–Trinajstić information content (AvgIpc) is 2.51. The summed E-state index contributed by atoms with van der Waals surface area (Å²) in [7, 11) is 0. The highest BCUT2D eigenvalue weighted by molar-refractivity contribution is 6.01.